The molecule has 0 saturated carbocycles. The average molecular weight is 178 g/mol. The summed E-state index contributed by atoms with van der Waals surface area (Å²) in [5.74, 6) is 0. The first-order valence-corrected chi connectivity index (χ1v) is 4.29. The second-order valence-corrected chi connectivity index (χ2v) is 3.00. The summed E-state index contributed by atoms with van der Waals surface area (Å²) >= 11 is 0. The van der Waals surface area contributed by atoms with Crippen molar-refractivity contribution < 1.29 is 4.79 Å². The maximum atomic E-state index is 10.6. The molecule has 3 heteroatoms. The molecule has 0 aliphatic rings. The van der Waals surface area contributed by atoms with Gasteiger partial charge in [0.25, 0.3) is 0 Å². The molecule has 0 aromatic heterocycles. The summed E-state index contributed by atoms with van der Waals surface area (Å²) in [4.78, 5) is 10.6. The van der Waals surface area contributed by atoms with E-state index in [2.05, 4.69) is 5.32 Å². The van der Waals surface area contributed by atoms with E-state index in [9.17, 15) is 4.79 Å². The Morgan fingerprint density at radius 2 is 2.23 bits per heavy atom. The SMILES string of the molecule is CCc1cc(C)ccc1NC(N)=O. The number of rotatable bonds is 2. The van der Waals surface area contributed by atoms with Gasteiger partial charge in [0.05, 0.1) is 0 Å². The van der Waals surface area contributed by atoms with Crippen LogP contribution < -0.4 is 11.1 Å². The molecule has 0 bridgehead atoms. The zero-order valence-corrected chi connectivity index (χ0v) is 7.92. The molecule has 2 amide bonds. The van der Waals surface area contributed by atoms with Gasteiger partial charge < -0.3 is 11.1 Å². The molecule has 0 saturated heterocycles. The van der Waals surface area contributed by atoms with E-state index < -0.39 is 6.03 Å². The number of hydrogen-bond donors (Lipinski definition) is 2. The molecule has 1 aromatic carbocycles. The Kier molecular flexibility index (Phi) is 2.90. The standard InChI is InChI=1S/C10H14N2O/c1-3-8-6-7(2)4-5-9(8)12-10(11)13/h4-6H,3H2,1-2H3,(H3,11,12,13). The largest absolute Gasteiger partial charge is 0.351 e. The quantitative estimate of drug-likeness (QED) is 0.715. The number of benzene rings is 1. The van der Waals surface area contributed by atoms with Crippen LogP contribution in [-0.2, 0) is 6.42 Å². The molecule has 0 radical (unpaired) electrons. The summed E-state index contributed by atoms with van der Waals surface area (Å²) in [6.45, 7) is 4.06. The van der Waals surface area contributed by atoms with Gasteiger partial charge in [0.1, 0.15) is 0 Å². The minimum Gasteiger partial charge on any atom is -0.351 e. The third kappa shape index (κ3) is 2.47. The zero-order chi connectivity index (χ0) is 9.84. The number of aryl methyl sites for hydroxylation is 2. The van der Waals surface area contributed by atoms with Gasteiger partial charge in [-0.15, -0.1) is 0 Å². The summed E-state index contributed by atoms with van der Waals surface area (Å²) in [7, 11) is 0. The maximum absolute atomic E-state index is 10.6. The van der Waals surface area contributed by atoms with E-state index in [0.29, 0.717) is 0 Å². The van der Waals surface area contributed by atoms with E-state index in [4.69, 9.17) is 5.73 Å². The van der Waals surface area contributed by atoms with Gasteiger partial charge in [0.2, 0.25) is 0 Å². The molecule has 13 heavy (non-hydrogen) atoms. The van der Waals surface area contributed by atoms with Crippen LogP contribution in [0, 0.1) is 6.92 Å². The van der Waals surface area contributed by atoms with Crippen LogP contribution in [0.15, 0.2) is 18.2 Å². The van der Waals surface area contributed by atoms with Crippen molar-refractivity contribution in [2.75, 3.05) is 5.32 Å². The number of nitrogens with two attached hydrogens (primary N) is 1. The van der Waals surface area contributed by atoms with Crippen molar-refractivity contribution in [3.63, 3.8) is 0 Å². The Balaban J connectivity index is 2.99. The van der Waals surface area contributed by atoms with Gasteiger partial charge in [-0.1, -0.05) is 24.6 Å². The predicted octanol–water partition coefficient (Wildman–Crippen LogP) is 2.05. The highest BCUT2D eigenvalue weighted by molar-refractivity contribution is 5.88. The first-order valence-electron chi connectivity index (χ1n) is 4.29. The minimum absolute atomic E-state index is 0.515. The number of primary amides is 1. The third-order valence-electron chi connectivity index (χ3n) is 1.90. The Labute approximate surface area is 77.9 Å². The lowest BCUT2D eigenvalue weighted by molar-refractivity contribution is 0.259. The maximum Gasteiger partial charge on any atom is 0.316 e. The van der Waals surface area contributed by atoms with Gasteiger partial charge in [-0.2, -0.15) is 0 Å². The molecule has 0 aliphatic carbocycles. The van der Waals surface area contributed by atoms with E-state index in [1.54, 1.807) is 0 Å². The highest BCUT2D eigenvalue weighted by Crippen LogP contribution is 2.17. The number of carbonyl (C=O) groups is 1. The average Bonchev–Trinajstić information content (AvgIpc) is 2.07. The van der Waals surface area contributed by atoms with Crippen molar-refractivity contribution in [1.82, 2.24) is 0 Å². The minimum atomic E-state index is -0.515. The lowest BCUT2D eigenvalue weighted by atomic mass is 10.1. The first kappa shape index (κ1) is 9.58. The summed E-state index contributed by atoms with van der Waals surface area (Å²) < 4.78 is 0. The fraction of sp³-hybridized carbons (Fsp3) is 0.300. The highest BCUT2D eigenvalue weighted by atomic mass is 16.2. The van der Waals surface area contributed by atoms with Crippen LogP contribution in [-0.4, -0.2) is 6.03 Å². The van der Waals surface area contributed by atoms with Gasteiger partial charge in [-0.25, -0.2) is 4.79 Å². The molecular weight excluding hydrogens is 164 g/mol. The molecule has 1 aromatic rings. The Morgan fingerprint density at radius 3 is 2.77 bits per heavy atom. The predicted molar refractivity (Wildman–Crippen MR) is 53.8 cm³/mol. The molecule has 1 rings (SSSR count). The van der Waals surface area contributed by atoms with Crippen molar-refractivity contribution in [1.29, 1.82) is 0 Å². The fourth-order valence-electron chi connectivity index (χ4n) is 1.27. The van der Waals surface area contributed by atoms with Crippen LogP contribution >= 0.6 is 0 Å². The van der Waals surface area contributed by atoms with E-state index in [1.807, 2.05) is 32.0 Å². The molecule has 70 valence electrons. The number of urea groups is 1. The number of anilines is 1. The monoisotopic (exact) mass is 178 g/mol. The van der Waals surface area contributed by atoms with Gasteiger partial charge in [0.15, 0.2) is 0 Å². The van der Waals surface area contributed by atoms with Crippen molar-refractivity contribution in [2.24, 2.45) is 5.73 Å². The summed E-state index contributed by atoms with van der Waals surface area (Å²) in [6.07, 6.45) is 0.886. The molecule has 0 unspecified atom stereocenters. The molecule has 0 fully saturated rings. The zero-order valence-electron chi connectivity index (χ0n) is 7.92. The normalized spacial score (nSPS) is 9.69. The van der Waals surface area contributed by atoms with E-state index in [0.717, 1.165) is 17.7 Å². The Bertz CT molecular complexity index is 321. The molecule has 3 N–H and O–H groups in total. The topological polar surface area (TPSA) is 55.1 Å². The number of amides is 2. The third-order valence-corrected chi connectivity index (χ3v) is 1.90. The van der Waals surface area contributed by atoms with Crippen LogP contribution in [0.5, 0.6) is 0 Å². The molecule has 3 nitrogen and oxygen atoms in total. The molecule has 0 spiro atoms. The molecular formula is C10H14N2O. The Morgan fingerprint density at radius 1 is 1.54 bits per heavy atom. The van der Waals surface area contributed by atoms with Crippen LogP contribution in [0.25, 0.3) is 0 Å². The highest BCUT2D eigenvalue weighted by Gasteiger charge is 2.01. The van der Waals surface area contributed by atoms with Crippen LogP contribution in [0.2, 0.25) is 0 Å². The molecule has 0 aliphatic heterocycles. The van der Waals surface area contributed by atoms with Crippen LogP contribution in [0.3, 0.4) is 0 Å². The molecule has 0 heterocycles. The van der Waals surface area contributed by atoms with Crippen molar-refractivity contribution in [2.45, 2.75) is 20.3 Å². The van der Waals surface area contributed by atoms with Gasteiger partial charge in [-0.05, 0) is 25.0 Å². The van der Waals surface area contributed by atoms with Gasteiger partial charge in [0, 0.05) is 5.69 Å². The van der Waals surface area contributed by atoms with Crippen LogP contribution in [0.4, 0.5) is 10.5 Å². The summed E-state index contributed by atoms with van der Waals surface area (Å²) in [5.41, 5.74) is 8.14. The number of nitrogens with one attached hydrogen (secondary N) is 1. The number of hydrogen-bond acceptors (Lipinski definition) is 1. The van der Waals surface area contributed by atoms with E-state index >= 15 is 0 Å². The Hall–Kier alpha value is -1.51. The van der Waals surface area contributed by atoms with Crippen LogP contribution in [0.1, 0.15) is 18.1 Å². The van der Waals surface area contributed by atoms with Crippen molar-refractivity contribution in [3.05, 3.63) is 29.3 Å². The van der Waals surface area contributed by atoms with E-state index in [1.165, 1.54) is 5.56 Å². The smallest absolute Gasteiger partial charge is 0.316 e. The van der Waals surface area contributed by atoms with Crippen molar-refractivity contribution >= 4 is 11.7 Å². The van der Waals surface area contributed by atoms with Crippen molar-refractivity contribution in [3.8, 4) is 0 Å². The summed E-state index contributed by atoms with van der Waals surface area (Å²) in [6, 6.07) is 5.35. The second kappa shape index (κ2) is 3.94. The first-order chi connectivity index (χ1) is 6.13. The molecule has 0 atom stereocenters. The lowest BCUT2D eigenvalue weighted by Crippen LogP contribution is -2.20. The van der Waals surface area contributed by atoms with E-state index in [-0.39, 0.29) is 0 Å². The number of carbonyl (C=O) groups excluding carboxylic acids is 1. The van der Waals surface area contributed by atoms with Gasteiger partial charge in [-0.3, -0.25) is 0 Å². The second-order valence-electron chi connectivity index (χ2n) is 3.00. The van der Waals surface area contributed by atoms with Gasteiger partial charge >= 0.3 is 6.03 Å². The fourth-order valence-corrected chi connectivity index (χ4v) is 1.27. The summed E-state index contributed by atoms with van der Waals surface area (Å²) in [5, 5.41) is 2.59. The lowest BCUT2D eigenvalue weighted by Gasteiger charge is -2.08.